The number of benzene rings is 8. The zero-order valence-corrected chi connectivity index (χ0v) is 41.4. The first-order valence-corrected chi connectivity index (χ1v) is 25.5. The number of furan rings is 1. The molecule has 0 N–H and O–H groups in total. The Morgan fingerprint density at radius 3 is 1.49 bits per heavy atom. The molecule has 7 nitrogen and oxygen atoms in total. The molecule has 15 rings (SSSR count). The fourth-order valence-electron chi connectivity index (χ4n) is 11.0. The van der Waals surface area contributed by atoms with Crippen LogP contribution in [0.5, 0.6) is 0 Å². The minimum Gasteiger partial charge on any atom is -0.454 e. The summed E-state index contributed by atoms with van der Waals surface area (Å²) in [5.74, 6) is 0. The zero-order valence-electron chi connectivity index (χ0n) is 41.4. The van der Waals surface area contributed by atoms with Gasteiger partial charge >= 0.3 is 0 Å². The standard InChI is InChI=1S/C51H31N5O.C18H15N/c1-2-11-35(12-3-1)55-43-23-20-32(30-40(43)49-45(55)18-9-27-53-49)33-22-25-48-39(29-33)38-15-8-17-47(51(38)57-48)56-44-24-21-34(31-41(44)50-46(56)19-10-28-54-50)36-13-4-5-14-37(36)42-16-6-7-26-52-42;1-14-9-11-15(12-10-14)16-6-2-3-7-17(16)18-8-4-5-13-19-18/h1-31H;2-13H,1H3. The van der Waals surface area contributed by atoms with Gasteiger partial charge in [0.05, 0.1) is 50.2 Å². The van der Waals surface area contributed by atoms with E-state index in [2.05, 4.69) is 214 Å². The van der Waals surface area contributed by atoms with Crippen LogP contribution in [-0.2, 0) is 0 Å². The van der Waals surface area contributed by atoms with Crippen molar-refractivity contribution in [3.8, 4) is 67.3 Å². The smallest absolute Gasteiger partial charge is 0.159 e. The average molecular weight is 975 g/mol. The lowest BCUT2D eigenvalue weighted by atomic mass is 9.96. The molecule has 0 fully saturated rings. The second-order valence-corrected chi connectivity index (χ2v) is 19.1. The Bertz CT molecular complexity index is 4630. The first kappa shape index (κ1) is 44.5. The summed E-state index contributed by atoms with van der Waals surface area (Å²) in [6, 6.07) is 82.6. The number of nitrogens with zero attached hydrogens (tertiary/aromatic N) is 6. The summed E-state index contributed by atoms with van der Waals surface area (Å²) in [5.41, 5.74) is 22.4. The van der Waals surface area contributed by atoms with Crippen molar-refractivity contribution in [2.24, 2.45) is 0 Å². The van der Waals surface area contributed by atoms with Gasteiger partial charge in [-0.15, -0.1) is 0 Å². The lowest BCUT2D eigenvalue weighted by Gasteiger charge is -2.11. The van der Waals surface area contributed by atoms with Crippen LogP contribution in [0.1, 0.15) is 5.56 Å². The van der Waals surface area contributed by atoms with Gasteiger partial charge < -0.3 is 13.6 Å². The van der Waals surface area contributed by atoms with Gasteiger partial charge in [0.25, 0.3) is 0 Å². The molecule has 0 unspecified atom stereocenters. The fraction of sp³-hybridized carbons (Fsp3) is 0.0145. The van der Waals surface area contributed by atoms with Crippen molar-refractivity contribution in [2.75, 3.05) is 0 Å². The van der Waals surface area contributed by atoms with Gasteiger partial charge in [0.1, 0.15) is 5.58 Å². The highest BCUT2D eigenvalue weighted by Gasteiger charge is 2.21. The van der Waals surface area contributed by atoms with Gasteiger partial charge in [0, 0.05) is 63.1 Å². The Labute approximate surface area is 438 Å². The molecule has 0 aliphatic carbocycles. The van der Waals surface area contributed by atoms with Crippen molar-refractivity contribution in [3.05, 3.63) is 267 Å². The molecule has 0 amide bonds. The van der Waals surface area contributed by atoms with Gasteiger partial charge in [-0.05, 0) is 143 Å². The molecule has 0 aliphatic rings. The highest BCUT2D eigenvalue weighted by molar-refractivity contribution is 6.14. The zero-order chi connectivity index (χ0) is 50.5. The Morgan fingerprint density at radius 2 is 0.842 bits per heavy atom. The van der Waals surface area contributed by atoms with Gasteiger partial charge in [0.2, 0.25) is 0 Å². The van der Waals surface area contributed by atoms with E-state index in [1.54, 1.807) is 0 Å². The van der Waals surface area contributed by atoms with E-state index in [1.807, 2.05) is 73.3 Å². The van der Waals surface area contributed by atoms with Crippen molar-refractivity contribution in [2.45, 2.75) is 6.92 Å². The van der Waals surface area contributed by atoms with Crippen molar-refractivity contribution in [3.63, 3.8) is 0 Å². The van der Waals surface area contributed by atoms with Gasteiger partial charge in [0.15, 0.2) is 5.58 Å². The van der Waals surface area contributed by atoms with Gasteiger partial charge in [-0.2, -0.15) is 0 Å². The molecule has 7 heterocycles. The van der Waals surface area contributed by atoms with Crippen LogP contribution in [0.15, 0.2) is 266 Å². The van der Waals surface area contributed by atoms with Crippen LogP contribution >= 0.6 is 0 Å². The number of hydrogen-bond acceptors (Lipinski definition) is 5. The summed E-state index contributed by atoms with van der Waals surface area (Å²) in [4.78, 5) is 18.9. The molecule has 358 valence electrons. The molecule has 0 aliphatic heterocycles. The number of hydrogen-bond donors (Lipinski definition) is 0. The topological polar surface area (TPSA) is 74.6 Å². The first-order chi connectivity index (χ1) is 37.6. The van der Waals surface area contributed by atoms with E-state index >= 15 is 0 Å². The van der Waals surface area contributed by atoms with Crippen molar-refractivity contribution in [1.82, 2.24) is 29.1 Å². The van der Waals surface area contributed by atoms with E-state index in [-0.39, 0.29) is 0 Å². The molecule has 0 atom stereocenters. The Kier molecular flexibility index (Phi) is 10.9. The van der Waals surface area contributed by atoms with Crippen LogP contribution in [0.2, 0.25) is 0 Å². The second-order valence-electron chi connectivity index (χ2n) is 19.1. The summed E-state index contributed by atoms with van der Waals surface area (Å²) in [6.07, 6.45) is 7.42. The summed E-state index contributed by atoms with van der Waals surface area (Å²) in [7, 11) is 0. The van der Waals surface area contributed by atoms with Crippen molar-refractivity contribution >= 4 is 65.8 Å². The average Bonchev–Trinajstić information content (AvgIpc) is 4.17. The molecule has 8 aromatic carbocycles. The maximum Gasteiger partial charge on any atom is 0.159 e. The molecule has 76 heavy (non-hydrogen) atoms. The summed E-state index contributed by atoms with van der Waals surface area (Å²) in [6.45, 7) is 2.11. The van der Waals surface area contributed by atoms with E-state index in [1.165, 1.54) is 22.3 Å². The first-order valence-electron chi connectivity index (χ1n) is 25.5. The number of rotatable bonds is 7. The molecule has 0 bridgehead atoms. The van der Waals surface area contributed by atoms with E-state index in [0.29, 0.717) is 0 Å². The minimum atomic E-state index is 0.836. The molecule has 0 saturated carbocycles. The molecule has 0 spiro atoms. The van der Waals surface area contributed by atoms with Crippen LogP contribution in [-0.4, -0.2) is 29.1 Å². The van der Waals surface area contributed by atoms with E-state index < -0.39 is 0 Å². The van der Waals surface area contributed by atoms with Crippen LogP contribution in [0, 0.1) is 6.92 Å². The number of para-hydroxylation sites is 2. The fourth-order valence-corrected chi connectivity index (χ4v) is 11.0. The number of aromatic nitrogens is 6. The summed E-state index contributed by atoms with van der Waals surface area (Å²) in [5, 5.41) is 4.33. The predicted octanol–water partition coefficient (Wildman–Crippen LogP) is 17.7. The quantitative estimate of drug-likeness (QED) is 0.159. The number of aryl methyl sites for hydroxylation is 1. The molecule has 7 aromatic heterocycles. The number of pyridine rings is 4. The van der Waals surface area contributed by atoms with E-state index in [4.69, 9.17) is 14.4 Å². The molecular formula is C69H46N6O. The third kappa shape index (κ3) is 7.69. The molecule has 0 saturated heterocycles. The van der Waals surface area contributed by atoms with Crippen molar-refractivity contribution in [1.29, 1.82) is 0 Å². The SMILES string of the molecule is Cc1ccc(-c2ccccc2-c2ccccn2)cc1.c1ccc(-n2c3ccc(-c4ccc5oc6c(-n7c8ccc(-c9ccccc9-c9ccccn9)cc8c8ncccc87)cccc6c5c4)cc3c3ncccc32)cc1. The maximum absolute atomic E-state index is 6.77. The molecule has 7 heteroatoms. The summed E-state index contributed by atoms with van der Waals surface area (Å²) >= 11 is 0. The third-order valence-electron chi connectivity index (χ3n) is 14.5. The predicted molar refractivity (Wildman–Crippen MR) is 312 cm³/mol. The molecule has 15 aromatic rings. The Hall–Kier alpha value is -10.2. The lowest BCUT2D eigenvalue weighted by Crippen LogP contribution is -1.94. The van der Waals surface area contributed by atoms with Crippen molar-refractivity contribution < 1.29 is 4.42 Å². The Balaban J connectivity index is 0.000000234. The maximum atomic E-state index is 6.77. The Morgan fingerprint density at radius 1 is 0.329 bits per heavy atom. The largest absolute Gasteiger partial charge is 0.454 e. The van der Waals surface area contributed by atoms with E-state index in [9.17, 15) is 0 Å². The third-order valence-corrected chi connectivity index (χ3v) is 14.5. The minimum absolute atomic E-state index is 0.836. The number of fused-ring (bicyclic) bond motifs is 9. The normalized spacial score (nSPS) is 11.5. The highest BCUT2D eigenvalue weighted by atomic mass is 16.3. The van der Waals surface area contributed by atoms with Crippen LogP contribution < -0.4 is 0 Å². The second kappa shape index (κ2) is 18.7. The van der Waals surface area contributed by atoms with Gasteiger partial charge in [-0.25, -0.2) is 0 Å². The molecule has 0 radical (unpaired) electrons. The molecular weight excluding hydrogens is 929 g/mol. The van der Waals surface area contributed by atoms with Gasteiger partial charge in [-0.1, -0.05) is 139 Å². The van der Waals surface area contributed by atoms with Crippen LogP contribution in [0.4, 0.5) is 0 Å². The van der Waals surface area contributed by atoms with Crippen LogP contribution in [0.25, 0.3) is 133 Å². The monoisotopic (exact) mass is 974 g/mol. The summed E-state index contributed by atoms with van der Waals surface area (Å²) < 4.78 is 11.4. The highest BCUT2D eigenvalue weighted by Crippen LogP contribution is 2.42. The van der Waals surface area contributed by atoms with Gasteiger partial charge in [-0.3, -0.25) is 19.9 Å². The van der Waals surface area contributed by atoms with E-state index in [0.717, 1.165) is 116 Å². The van der Waals surface area contributed by atoms with Crippen LogP contribution in [0.3, 0.4) is 0 Å². The lowest BCUT2D eigenvalue weighted by molar-refractivity contribution is 0.666.